The number of hydrogen-bond acceptors (Lipinski definition) is 7. The minimum atomic E-state index is -0.661. The first-order chi connectivity index (χ1) is 23.2. The summed E-state index contributed by atoms with van der Waals surface area (Å²) in [7, 11) is 0. The van der Waals surface area contributed by atoms with Crippen molar-refractivity contribution >= 4 is 46.6 Å². The summed E-state index contributed by atoms with van der Waals surface area (Å²) in [5, 5.41) is 0.501. The van der Waals surface area contributed by atoms with Crippen LogP contribution < -0.4 is 0 Å². The molecular formula is C37H43ClN6O4S. The Morgan fingerprint density at radius 1 is 0.980 bits per heavy atom. The van der Waals surface area contributed by atoms with Crippen LogP contribution in [0.15, 0.2) is 42.6 Å². The van der Waals surface area contributed by atoms with Crippen LogP contribution in [0, 0.1) is 11.8 Å². The summed E-state index contributed by atoms with van der Waals surface area (Å²) in [6.07, 6.45) is 6.47. The standard InChI is InChI=1S/C37H43ClN6O4S/c1-35(2,3)47-33(45)43-18-8-10-30(43)31-39-22-29(40-31)24-14-11-23(12-15-24)13-16-25-20-27-28(21-26(25)38)42-32(41-27)37(49-7)17-9-19-44(37)34(46)48-36(4,5)6/h11-12,14-15,20-22,30H,8-10,17-19H2,1-7H3,(H,39,40)(H,41,42). The van der Waals surface area contributed by atoms with Gasteiger partial charge in [0, 0.05) is 24.2 Å². The molecule has 2 aromatic heterocycles. The van der Waals surface area contributed by atoms with Gasteiger partial charge in [-0.15, -0.1) is 11.8 Å². The van der Waals surface area contributed by atoms with E-state index in [0.29, 0.717) is 35.0 Å². The van der Waals surface area contributed by atoms with Gasteiger partial charge in [0.05, 0.1) is 34.0 Å². The highest BCUT2D eigenvalue weighted by Crippen LogP contribution is 2.47. The van der Waals surface area contributed by atoms with Gasteiger partial charge in [0.1, 0.15) is 27.7 Å². The molecular weight excluding hydrogens is 660 g/mol. The van der Waals surface area contributed by atoms with Crippen LogP contribution >= 0.6 is 23.4 Å². The lowest BCUT2D eigenvalue weighted by Crippen LogP contribution is -2.45. The predicted molar refractivity (Wildman–Crippen MR) is 193 cm³/mol. The topological polar surface area (TPSA) is 116 Å². The first-order valence-corrected chi connectivity index (χ1v) is 18.2. The molecule has 2 fully saturated rings. The molecule has 2 atom stereocenters. The number of aromatic amines is 2. The summed E-state index contributed by atoms with van der Waals surface area (Å²) < 4.78 is 11.4. The minimum Gasteiger partial charge on any atom is -0.444 e. The third-order valence-electron chi connectivity index (χ3n) is 8.55. The molecule has 0 saturated carbocycles. The van der Waals surface area contributed by atoms with Crippen molar-refractivity contribution in [2.75, 3.05) is 19.3 Å². The van der Waals surface area contributed by atoms with Gasteiger partial charge in [-0.1, -0.05) is 35.6 Å². The molecule has 0 radical (unpaired) electrons. The number of fused-ring (bicyclic) bond motifs is 1. The molecule has 2 amide bonds. The maximum atomic E-state index is 13.2. The number of nitrogens with zero attached hydrogens (tertiary/aromatic N) is 4. The summed E-state index contributed by atoms with van der Waals surface area (Å²) in [6.45, 7) is 12.5. The average molecular weight is 703 g/mol. The highest BCUT2D eigenvalue weighted by molar-refractivity contribution is 7.99. The van der Waals surface area contributed by atoms with Crippen molar-refractivity contribution in [3.8, 4) is 23.1 Å². The molecule has 4 aromatic rings. The monoisotopic (exact) mass is 702 g/mol. The summed E-state index contributed by atoms with van der Waals surface area (Å²) in [6, 6.07) is 11.5. The molecule has 0 aliphatic carbocycles. The summed E-state index contributed by atoms with van der Waals surface area (Å²) >= 11 is 8.27. The van der Waals surface area contributed by atoms with E-state index in [1.807, 2.05) is 84.2 Å². The van der Waals surface area contributed by atoms with Gasteiger partial charge in [-0.3, -0.25) is 9.80 Å². The fourth-order valence-corrected chi connectivity index (χ4v) is 7.56. The number of imidazole rings is 2. The maximum absolute atomic E-state index is 13.2. The van der Waals surface area contributed by atoms with E-state index in [4.69, 9.17) is 26.1 Å². The lowest BCUT2D eigenvalue weighted by molar-refractivity contribution is 0.0181. The summed E-state index contributed by atoms with van der Waals surface area (Å²) in [5.74, 6) is 7.90. The number of carbonyl (C=O) groups is 2. The quantitative estimate of drug-likeness (QED) is 0.205. The molecule has 2 saturated heterocycles. The molecule has 10 nitrogen and oxygen atoms in total. The minimum absolute atomic E-state index is 0.143. The van der Waals surface area contributed by atoms with E-state index in [-0.39, 0.29) is 18.2 Å². The number of H-pyrrole nitrogens is 2. The molecule has 6 rings (SSSR count). The van der Waals surface area contributed by atoms with Gasteiger partial charge in [0.15, 0.2) is 0 Å². The van der Waals surface area contributed by atoms with Gasteiger partial charge in [0.2, 0.25) is 0 Å². The van der Waals surface area contributed by atoms with Crippen LogP contribution in [-0.2, 0) is 14.3 Å². The molecule has 4 heterocycles. The molecule has 2 aliphatic heterocycles. The second-order valence-electron chi connectivity index (χ2n) is 14.5. The molecule has 258 valence electrons. The Kier molecular flexibility index (Phi) is 9.42. The summed E-state index contributed by atoms with van der Waals surface area (Å²) in [4.78, 5) is 45.2. The van der Waals surface area contributed by atoms with Crippen LogP contribution in [0.3, 0.4) is 0 Å². The third kappa shape index (κ3) is 7.41. The zero-order valence-electron chi connectivity index (χ0n) is 29.1. The fraction of sp³-hybridized carbons (Fsp3) is 0.459. The Morgan fingerprint density at radius 2 is 1.69 bits per heavy atom. The first kappa shape index (κ1) is 34.7. The highest BCUT2D eigenvalue weighted by Gasteiger charge is 2.48. The molecule has 0 spiro atoms. The maximum Gasteiger partial charge on any atom is 0.411 e. The Balaban J connectivity index is 1.18. The van der Waals surface area contributed by atoms with E-state index in [1.165, 1.54) is 0 Å². The number of halogens is 1. The number of aromatic nitrogens is 4. The smallest absolute Gasteiger partial charge is 0.411 e. The van der Waals surface area contributed by atoms with Crippen molar-refractivity contribution in [2.45, 2.75) is 89.3 Å². The molecule has 2 aromatic carbocycles. The molecule has 2 N–H and O–H groups in total. The van der Waals surface area contributed by atoms with Crippen LogP contribution in [0.5, 0.6) is 0 Å². The Hall–Kier alpha value is -4.14. The predicted octanol–water partition coefficient (Wildman–Crippen LogP) is 8.62. The van der Waals surface area contributed by atoms with Gasteiger partial charge in [-0.25, -0.2) is 19.6 Å². The van der Waals surface area contributed by atoms with Crippen molar-refractivity contribution in [1.29, 1.82) is 0 Å². The molecule has 49 heavy (non-hydrogen) atoms. The van der Waals surface area contributed by atoms with Crippen molar-refractivity contribution in [3.63, 3.8) is 0 Å². The van der Waals surface area contributed by atoms with Crippen LogP contribution in [-0.4, -0.2) is 72.5 Å². The van der Waals surface area contributed by atoms with E-state index in [1.54, 1.807) is 27.8 Å². The SMILES string of the molecule is CSC1(c2nc3cc(Cl)c(C#Cc4ccc(-c5cnc(C6CCCN6C(=O)OC(C)(C)C)[nH]5)cc4)cc3[nH]2)CCCN1C(=O)OC(C)(C)C. The highest BCUT2D eigenvalue weighted by atomic mass is 35.5. The van der Waals surface area contributed by atoms with Gasteiger partial charge in [-0.2, -0.15) is 0 Å². The van der Waals surface area contributed by atoms with Gasteiger partial charge in [0.25, 0.3) is 0 Å². The Morgan fingerprint density at radius 3 is 2.39 bits per heavy atom. The van der Waals surface area contributed by atoms with Crippen molar-refractivity contribution in [1.82, 2.24) is 29.7 Å². The number of nitrogens with one attached hydrogen (secondary N) is 2. The molecule has 0 bridgehead atoms. The van der Waals surface area contributed by atoms with Crippen molar-refractivity contribution < 1.29 is 19.1 Å². The van der Waals surface area contributed by atoms with E-state index < -0.39 is 16.1 Å². The molecule has 2 aliphatic rings. The van der Waals surface area contributed by atoms with Gasteiger partial charge in [-0.05, 0) is 103 Å². The molecule has 2 unspecified atom stereocenters. The van der Waals surface area contributed by atoms with Crippen LogP contribution in [0.4, 0.5) is 9.59 Å². The number of rotatable bonds is 4. The van der Waals surface area contributed by atoms with Crippen molar-refractivity contribution in [3.05, 3.63) is 70.4 Å². The number of carbonyl (C=O) groups excluding carboxylic acids is 2. The lowest BCUT2D eigenvalue weighted by atomic mass is 10.1. The number of amides is 2. The normalized spacial score (nSPS) is 19.6. The summed E-state index contributed by atoms with van der Waals surface area (Å²) in [5.41, 5.74) is 3.70. The van der Waals surface area contributed by atoms with E-state index >= 15 is 0 Å². The van der Waals surface area contributed by atoms with E-state index in [0.717, 1.165) is 53.8 Å². The van der Waals surface area contributed by atoms with Crippen LogP contribution in [0.25, 0.3) is 22.3 Å². The largest absolute Gasteiger partial charge is 0.444 e. The van der Waals surface area contributed by atoms with E-state index in [9.17, 15) is 9.59 Å². The van der Waals surface area contributed by atoms with Crippen LogP contribution in [0.2, 0.25) is 5.02 Å². The third-order valence-corrected chi connectivity index (χ3v) is 10.2. The molecule has 12 heteroatoms. The lowest BCUT2D eigenvalue weighted by Gasteiger charge is -2.36. The average Bonchev–Trinajstić information content (AvgIpc) is 3.84. The number of benzene rings is 2. The zero-order valence-corrected chi connectivity index (χ0v) is 30.6. The Labute approximate surface area is 296 Å². The Bertz CT molecular complexity index is 1930. The van der Waals surface area contributed by atoms with E-state index in [2.05, 4.69) is 26.8 Å². The second kappa shape index (κ2) is 13.3. The fourth-order valence-electron chi connectivity index (χ4n) is 6.33. The number of likely N-dealkylation sites (tertiary alicyclic amines) is 2. The van der Waals surface area contributed by atoms with Crippen molar-refractivity contribution in [2.24, 2.45) is 0 Å². The number of ether oxygens (including phenoxy) is 2. The number of hydrogen-bond donors (Lipinski definition) is 2. The zero-order chi connectivity index (χ0) is 35.1. The van der Waals surface area contributed by atoms with Gasteiger partial charge >= 0.3 is 12.2 Å². The second-order valence-corrected chi connectivity index (χ2v) is 16.0. The van der Waals surface area contributed by atoms with Crippen LogP contribution in [0.1, 0.15) is 96.0 Å². The first-order valence-electron chi connectivity index (χ1n) is 16.6. The van der Waals surface area contributed by atoms with Gasteiger partial charge < -0.3 is 19.4 Å². The number of thioether (sulfide) groups is 1.